The van der Waals surface area contributed by atoms with Crippen molar-refractivity contribution in [3.8, 4) is 17.1 Å². The minimum Gasteiger partial charge on any atom is -0.310 e. The van der Waals surface area contributed by atoms with E-state index in [1.54, 1.807) is 5.46 Å². The molecule has 0 aliphatic carbocycles. The quantitative estimate of drug-likeness (QED) is 0.159. The Bertz CT molecular complexity index is 4210. The van der Waals surface area contributed by atoms with E-state index in [9.17, 15) is 0 Å². The smallest absolute Gasteiger partial charge is 0.251 e. The summed E-state index contributed by atoms with van der Waals surface area (Å²) in [7, 11) is 0. The predicted molar refractivity (Wildman–Crippen MR) is 227 cm³/mol. The lowest BCUT2D eigenvalue weighted by molar-refractivity contribution is 1.15. The molecule has 0 radical (unpaired) electrons. The first kappa shape index (κ1) is 24.4. The van der Waals surface area contributed by atoms with E-state index in [1.165, 1.54) is 148 Å². The topological polar surface area (TPSA) is 19.2 Å². The van der Waals surface area contributed by atoms with E-state index < -0.39 is 0 Å². The standard InChI is InChI=1S/C48H20B2N4/c1-4-13-31-21(8-1)26-18-27-23-10-3-6-15-33(23)53-36-20-30-25-12-7-11-24-29-19-28-22-9-2-5-14-32(22)52-35-17-16-34-37-38(35)50-40(39(36)49(37)41(47(27)53)45(26)51(31)34)44(30)54(43(24)25)48(29)42(50)46(28)52/h1-20H. The van der Waals surface area contributed by atoms with Crippen molar-refractivity contribution in [2.24, 2.45) is 0 Å². The van der Waals surface area contributed by atoms with Gasteiger partial charge in [0.25, 0.3) is 13.4 Å². The van der Waals surface area contributed by atoms with Crippen LogP contribution in [-0.2, 0) is 0 Å². The van der Waals surface area contributed by atoms with Gasteiger partial charge in [0.05, 0.1) is 44.1 Å². The summed E-state index contributed by atoms with van der Waals surface area (Å²) in [5.41, 5.74) is 25.5. The van der Waals surface area contributed by atoms with Crippen LogP contribution in [0.1, 0.15) is 0 Å². The van der Waals surface area contributed by atoms with E-state index in [4.69, 9.17) is 0 Å². The molecule has 5 aromatic heterocycles. The summed E-state index contributed by atoms with van der Waals surface area (Å²) in [6.45, 7) is 0.279. The first-order chi connectivity index (χ1) is 26.9. The molecule has 0 N–H and O–H groups in total. The second-order valence-corrected chi connectivity index (χ2v) is 16.7. The Kier molecular flexibility index (Phi) is 3.19. The molecule has 0 saturated heterocycles. The highest BCUT2D eigenvalue weighted by Crippen LogP contribution is 2.48. The van der Waals surface area contributed by atoms with Gasteiger partial charge in [-0.2, -0.15) is 0 Å². The Labute approximate surface area is 305 Å². The average molecular weight is 674 g/mol. The lowest BCUT2D eigenvalue weighted by Crippen LogP contribution is -2.79. The summed E-state index contributed by atoms with van der Waals surface area (Å²) in [6, 6.07) is 47.2. The number of para-hydroxylation sites is 4. The Morgan fingerprint density at radius 1 is 0.278 bits per heavy atom. The maximum Gasteiger partial charge on any atom is 0.251 e. The summed E-state index contributed by atoms with van der Waals surface area (Å²) >= 11 is 0. The van der Waals surface area contributed by atoms with Crippen LogP contribution < -0.4 is 32.8 Å². The van der Waals surface area contributed by atoms with Gasteiger partial charge in [0.2, 0.25) is 0 Å². The van der Waals surface area contributed by atoms with Gasteiger partial charge in [-0.25, -0.2) is 0 Å². The largest absolute Gasteiger partial charge is 0.310 e. The van der Waals surface area contributed by atoms with Crippen molar-refractivity contribution in [2.75, 3.05) is 0 Å². The molecule has 4 nitrogen and oxygen atoms in total. The fourth-order valence-corrected chi connectivity index (χ4v) is 13.5. The maximum absolute atomic E-state index is 2.72. The second-order valence-electron chi connectivity index (χ2n) is 16.7. The zero-order valence-corrected chi connectivity index (χ0v) is 28.5. The molecular weight excluding hydrogens is 654 g/mol. The summed E-state index contributed by atoms with van der Waals surface area (Å²) in [4.78, 5) is 0. The summed E-state index contributed by atoms with van der Waals surface area (Å²) in [5.74, 6) is 0. The van der Waals surface area contributed by atoms with Crippen LogP contribution >= 0.6 is 0 Å². The van der Waals surface area contributed by atoms with E-state index in [2.05, 4.69) is 139 Å². The lowest BCUT2D eigenvalue weighted by atomic mass is 9.19. The maximum atomic E-state index is 2.72. The molecule has 10 heterocycles. The highest BCUT2D eigenvalue weighted by atomic mass is 15.1. The molecule has 5 aliphatic rings. The van der Waals surface area contributed by atoms with Crippen LogP contribution in [-0.4, -0.2) is 31.5 Å². The van der Waals surface area contributed by atoms with Crippen LogP contribution in [0.2, 0.25) is 0 Å². The number of fused-ring (bicyclic) bond motifs is 14. The minimum atomic E-state index is 0.135. The van der Waals surface area contributed by atoms with E-state index in [-0.39, 0.29) is 13.4 Å². The van der Waals surface area contributed by atoms with Crippen LogP contribution in [0.15, 0.2) is 121 Å². The van der Waals surface area contributed by atoms with Crippen molar-refractivity contribution in [2.45, 2.75) is 0 Å². The van der Waals surface area contributed by atoms with Gasteiger partial charge in [-0.15, -0.1) is 0 Å². The number of benzene rings is 8. The van der Waals surface area contributed by atoms with Crippen molar-refractivity contribution in [1.29, 1.82) is 0 Å². The lowest BCUT2D eigenvalue weighted by Gasteiger charge is -2.44. The van der Waals surface area contributed by atoms with Gasteiger partial charge >= 0.3 is 0 Å². The third-order valence-corrected chi connectivity index (χ3v) is 14.9. The fraction of sp³-hybridized carbons (Fsp3) is 0. The average Bonchev–Trinajstić information content (AvgIpc) is 4.01. The van der Waals surface area contributed by atoms with Gasteiger partial charge in [-0.3, -0.25) is 0 Å². The molecule has 18 rings (SSSR count). The Morgan fingerprint density at radius 3 is 1.26 bits per heavy atom. The SMILES string of the molecule is c1ccc2c(c1)c1cc3c4ccccc4n4c3c3c1n2-c1ccc2c5c1B3c1c-4cc3c4cccc6c7cc8c9ccccc9n-2c8c2c7n(c3c1B52)c46. The first-order valence-electron chi connectivity index (χ1n) is 19.3. The monoisotopic (exact) mass is 674 g/mol. The van der Waals surface area contributed by atoms with Gasteiger partial charge in [0.15, 0.2) is 0 Å². The molecule has 0 amide bonds. The molecular formula is C48H20B2N4. The third-order valence-electron chi connectivity index (χ3n) is 14.9. The molecule has 0 bridgehead atoms. The number of hydrogen-bond acceptors (Lipinski definition) is 0. The van der Waals surface area contributed by atoms with E-state index in [1.807, 2.05) is 0 Å². The van der Waals surface area contributed by atoms with Crippen LogP contribution in [0.4, 0.5) is 0 Å². The van der Waals surface area contributed by atoms with Crippen molar-refractivity contribution < 1.29 is 0 Å². The van der Waals surface area contributed by atoms with Crippen LogP contribution in [0.25, 0.3) is 121 Å². The van der Waals surface area contributed by atoms with Gasteiger partial charge < -0.3 is 18.1 Å². The van der Waals surface area contributed by atoms with Crippen molar-refractivity contribution >= 4 is 150 Å². The molecule has 238 valence electrons. The minimum absolute atomic E-state index is 0.135. The molecule has 0 saturated carbocycles. The van der Waals surface area contributed by atoms with Crippen molar-refractivity contribution in [1.82, 2.24) is 18.1 Å². The van der Waals surface area contributed by atoms with Gasteiger partial charge in [0.1, 0.15) is 0 Å². The van der Waals surface area contributed by atoms with E-state index >= 15 is 0 Å². The molecule has 0 atom stereocenters. The molecule has 0 spiro atoms. The Balaban J connectivity index is 1.24. The normalized spacial score (nSPS) is 15.0. The van der Waals surface area contributed by atoms with Gasteiger partial charge in [-0.05, 0) is 81.3 Å². The molecule has 0 fully saturated rings. The summed E-state index contributed by atoms with van der Waals surface area (Å²) < 4.78 is 10.7. The van der Waals surface area contributed by atoms with Crippen molar-refractivity contribution in [3.63, 3.8) is 0 Å². The highest BCUT2D eigenvalue weighted by Gasteiger charge is 2.54. The summed E-state index contributed by atoms with van der Waals surface area (Å²) in [6.07, 6.45) is 0. The fourth-order valence-electron chi connectivity index (χ4n) is 13.5. The molecule has 0 unspecified atom stereocenters. The van der Waals surface area contributed by atoms with Crippen molar-refractivity contribution in [3.05, 3.63) is 121 Å². The number of aromatic nitrogens is 4. The Morgan fingerprint density at radius 2 is 0.685 bits per heavy atom. The molecule has 6 heteroatoms. The van der Waals surface area contributed by atoms with Crippen LogP contribution in [0.3, 0.4) is 0 Å². The Hall–Kier alpha value is -6.91. The second kappa shape index (κ2) is 7.07. The third kappa shape index (κ3) is 2.00. The molecule has 54 heavy (non-hydrogen) atoms. The zero-order chi connectivity index (χ0) is 33.8. The van der Waals surface area contributed by atoms with Crippen LogP contribution in [0.5, 0.6) is 0 Å². The van der Waals surface area contributed by atoms with E-state index in [0.29, 0.717) is 0 Å². The van der Waals surface area contributed by atoms with Crippen LogP contribution in [0, 0.1) is 0 Å². The number of hydrogen-bond donors (Lipinski definition) is 0. The summed E-state index contributed by atoms with van der Waals surface area (Å²) in [5, 5.41) is 13.7. The van der Waals surface area contributed by atoms with Gasteiger partial charge in [-0.1, -0.05) is 72.8 Å². The number of rotatable bonds is 0. The zero-order valence-electron chi connectivity index (χ0n) is 28.5. The van der Waals surface area contributed by atoms with Gasteiger partial charge in [0, 0.05) is 76.4 Å². The molecule has 5 aliphatic heterocycles. The first-order valence-corrected chi connectivity index (χ1v) is 19.3. The predicted octanol–water partition coefficient (Wildman–Crippen LogP) is 6.73. The number of nitrogens with zero attached hydrogens (tertiary/aromatic N) is 4. The van der Waals surface area contributed by atoms with E-state index in [0.717, 1.165) is 0 Å². The highest BCUT2D eigenvalue weighted by molar-refractivity contribution is 7.16. The molecule has 13 aromatic rings. The molecule has 8 aromatic carbocycles.